The molecule has 2 aromatic rings. The van der Waals surface area contributed by atoms with E-state index in [0.29, 0.717) is 16.9 Å². The second kappa shape index (κ2) is 6.88. The standard InChI is InChI=1S/C17H21N3O2S2/c1-11-4-5-13-12(8-11)9-14(24-13)16-18-19-17(22-16)23-10-15(21)20-6-2-3-7-20/h9,11H,2-8,10H2,1H3/t11-/m0/s1. The monoisotopic (exact) mass is 363 g/mol. The molecule has 5 nitrogen and oxygen atoms in total. The quantitative estimate of drug-likeness (QED) is 0.776. The molecule has 3 heterocycles. The van der Waals surface area contributed by atoms with Crippen LogP contribution in [0.15, 0.2) is 15.7 Å². The highest BCUT2D eigenvalue weighted by Crippen LogP contribution is 2.37. The van der Waals surface area contributed by atoms with Crippen molar-refractivity contribution in [3.63, 3.8) is 0 Å². The summed E-state index contributed by atoms with van der Waals surface area (Å²) in [4.78, 5) is 16.5. The van der Waals surface area contributed by atoms with Crippen LogP contribution in [0.3, 0.4) is 0 Å². The van der Waals surface area contributed by atoms with Crippen LogP contribution in [0.5, 0.6) is 0 Å². The zero-order valence-electron chi connectivity index (χ0n) is 13.8. The van der Waals surface area contributed by atoms with Crippen LogP contribution in [0.4, 0.5) is 0 Å². The van der Waals surface area contributed by atoms with Crippen molar-refractivity contribution in [2.75, 3.05) is 18.8 Å². The molecule has 0 N–H and O–H groups in total. The van der Waals surface area contributed by atoms with Crippen molar-refractivity contribution in [1.82, 2.24) is 15.1 Å². The maximum atomic E-state index is 12.1. The fourth-order valence-electron chi connectivity index (χ4n) is 3.36. The van der Waals surface area contributed by atoms with Gasteiger partial charge < -0.3 is 9.32 Å². The van der Waals surface area contributed by atoms with Crippen molar-refractivity contribution < 1.29 is 9.21 Å². The number of nitrogens with zero attached hydrogens (tertiary/aromatic N) is 3. The Morgan fingerprint density at radius 2 is 2.25 bits per heavy atom. The lowest BCUT2D eigenvalue weighted by Gasteiger charge is -2.16. The molecule has 0 spiro atoms. The Morgan fingerprint density at radius 1 is 1.42 bits per heavy atom. The lowest BCUT2D eigenvalue weighted by molar-refractivity contribution is -0.127. The summed E-state index contributed by atoms with van der Waals surface area (Å²) < 4.78 is 5.77. The van der Waals surface area contributed by atoms with Gasteiger partial charge in [-0.2, -0.15) is 0 Å². The van der Waals surface area contributed by atoms with Crippen molar-refractivity contribution in [3.05, 3.63) is 16.5 Å². The van der Waals surface area contributed by atoms with Gasteiger partial charge in [0.25, 0.3) is 11.1 Å². The second-order valence-electron chi connectivity index (χ2n) is 6.66. The molecule has 7 heteroatoms. The van der Waals surface area contributed by atoms with E-state index < -0.39 is 0 Å². The van der Waals surface area contributed by atoms with E-state index in [1.54, 1.807) is 11.3 Å². The molecule has 0 unspecified atom stereocenters. The Balaban J connectivity index is 1.40. The van der Waals surface area contributed by atoms with E-state index in [9.17, 15) is 4.79 Å². The highest BCUT2D eigenvalue weighted by molar-refractivity contribution is 7.99. The molecule has 0 saturated carbocycles. The highest BCUT2D eigenvalue weighted by atomic mass is 32.2. The maximum absolute atomic E-state index is 12.1. The highest BCUT2D eigenvalue weighted by Gasteiger charge is 2.22. The van der Waals surface area contributed by atoms with Crippen LogP contribution in [0.25, 0.3) is 10.8 Å². The summed E-state index contributed by atoms with van der Waals surface area (Å²) in [7, 11) is 0. The number of carbonyl (C=O) groups is 1. The van der Waals surface area contributed by atoms with E-state index in [1.165, 1.54) is 28.6 Å². The molecule has 0 aromatic carbocycles. The van der Waals surface area contributed by atoms with Crippen molar-refractivity contribution >= 4 is 29.0 Å². The fraction of sp³-hybridized carbons (Fsp3) is 0.588. The van der Waals surface area contributed by atoms with Crippen molar-refractivity contribution in [3.8, 4) is 10.8 Å². The Morgan fingerprint density at radius 3 is 3.08 bits per heavy atom. The molecule has 2 aromatic heterocycles. The summed E-state index contributed by atoms with van der Waals surface area (Å²) in [5.41, 5.74) is 1.44. The third kappa shape index (κ3) is 3.37. The maximum Gasteiger partial charge on any atom is 0.277 e. The Hall–Kier alpha value is -1.34. The number of hydrogen-bond donors (Lipinski definition) is 0. The fourth-order valence-corrected chi connectivity index (χ4v) is 5.16. The number of amides is 1. The molecule has 1 atom stereocenters. The molecule has 1 aliphatic heterocycles. The van der Waals surface area contributed by atoms with Gasteiger partial charge >= 0.3 is 0 Å². The number of rotatable bonds is 4. The first kappa shape index (κ1) is 16.1. The van der Waals surface area contributed by atoms with E-state index in [1.807, 2.05) is 4.90 Å². The molecule has 2 aliphatic rings. The molecule has 1 saturated heterocycles. The van der Waals surface area contributed by atoms with E-state index in [2.05, 4.69) is 23.2 Å². The molecule has 4 rings (SSSR count). The smallest absolute Gasteiger partial charge is 0.277 e. The van der Waals surface area contributed by atoms with Crippen molar-refractivity contribution in [2.45, 2.75) is 44.3 Å². The minimum Gasteiger partial charge on any atom is -0.410 e. The summed E-state index contributed by atoms with van der Waals surface area (Å²) >= 11 is 3.11. The summed E-state index contributed by atoms with van der Waals surface area (Å²) in [5.74, 6) is 1.88. The lowest BCUT2D eigenvalue weighted by Crippen LogP contribution is -2.29. The first-order valence-electron chi connectivity index (χ1n) is 8.55. The molecule has 1 amide bonds. The molecular formula is C17H21N3O2S2. The zero-order chi connectivity index (χ0) is 16.5. The van der Waals surface area contributed by atoms with Gasteiger partial charge in [0.05, 0.1) is 10.6 Å². The molecule has 1 aliphatic carbocycles. The van der Waals surface area contributed by atoms with Gasteiger partial charge in [0.2, 0.25) is 5.91 Å². The third-order valence-electron chi connectivity index (χ3n) is 4.72. The largest absolute Gasteiger partial charge is 0.410 e. The number of fused-ring (bicyclic) bond motifs is 1. The normalized spacial score (nSPS) is 20.4. The first-order valence-corrected chi connectivity index (χ1v) is 10.4. The molecule has 128 valence electrons. The summed E-state index contributed by atoms with van der Waals surface area (Å²) in [6, 6.07) is 2.20. The summed E-state index contributed by atoms with van der Waals surface area (Å²) in [6.45, 7) is 4.07. The van der Waals surface area contributed by atoms with Crippen LogP contribution in [0.1, 0.15) is 36.6 Å². The van der Waals surface area contributed by atoms with Crippen LogP contribution in [0, 0.1) is 5.92 Å². The minimum atomic E-state index is 0.165. The summed E-state index contributed by atoms with van der Waals surface area (Å²) in [6.07, 6.45) is 5.79. The number of thioether (sulfide) groups is 1. The van der Waals surface area contributed by atoms with Gasteiger partial charge in [0.15, 0.2) is 0 Å². The number of aryl methyl sites for hydroxylation is 1. The number of likely N-dealkylation sites (tertiary alicyclic amines) is 1. The van der Waals surface area contributed by atoms with Crippen LogP contribution in [-0.4, -0.2) is 39.8 Å². The van der Waals surface area contributed by atoms with E-state index >= 15 is 0 Å². The average Bonchev–Trinajstić information content (AvgIpc) is 3.30. The van der Waals surface area contributed by atoms with Crippen LogP contribution in [-0.2, 0) is 17.6 Å². The van der Waals surface area contributed by atoms with Gasteiger partial charge in [0.1, 0.15) is 0 Å². The van der Waals surface area contributed by atoms with Crippen molar-refractivity contribution in [2.24, 2.45) is 5.92 Å². The molecule has 0 bridgehead atoms. The van der Waals surface area contributed by atoms with Gasteiger partial charge in [0, 0.05) is 18.0 Å². The van der Waals surface area contributed by atoms with Crippen LogP contribution in [0.2, 0.25) is 0 Å². The number of aromatic nitrogens is 2. The lowest BCUT2D eigenvalue weighted by atomic mass is 9.90. The average molecular weight is 364 g/mol. The third-order valence-corrected chi connectivity index (χ3v) is 6.75. The van der Waals surface area contributed by atoms with E-state index in [4.69, 9.17) is 4.42 Å². The Labute approximate surface area is 149 Å². The molecule has 1 fully saturated rings. The number of thiophene rings is 1. The predicted octanol–water partition coefficient (Wildman–Crippen LogP) is 3.64. The van der Waals surface area contributed by atoms with Crippen LogP contribution >= 0.6 is 23.1 Å². The zero-order valence-corrected chi connectivity index (χ0v) is 15.4. The SMILES string of the molecule is C[C@H]1CCc2sc(-c3nnc(SCC(=O)N4CCCC4)o3)cc2C1. The Bertz CT molecular complexity index is 734. The first-order chi connectivity index (χ1) is 11.7. The van der Waals surface area contributed by atoms with Gasteiger partial charge in [-0.3, -0.25) is 4.79 Å². The second-order valence-corrected chi connectivity index (χ2v) is 8.72. The summed E-state index contributed by atoms with van der Waals surface area (Å²) in [5, 5.41) is 8.75. The van der Waals surface area contributed by atoms with E-state index in [0.717, 1.165) is 49.6 Å². The Kier molecular flexibility index (Phi) is 4.63. The molecule has 24 heavy (non-hydrogen) atoms. The van der Waals surface area contributed by atoms with Gasteiger partial charge in [-0.15, -0.1) is 21.5 Å². The van der Waals surface area contributed by atoms with Crippen LogP contribution < -0.4 is 0 Å². The van der Waals surface area contributed by atoms with Gasteiger partial charge in [-0.1, -0.05) is 18.7 Å². The van der Waals surface area contributed by atoms with Gasteiger partial charge in [-0.05, 0) is 49.7 Å². The molecular weight excluding hydrogens is 342 g/mol. The van der Waals surface area contributed by atoms with E-state index in [-0.39, 0.29) is 5.91 Å². The minimum absolute atomic E-state index is 0.165. The van der Waals surface area contributed by atoms with Gasteiger partial charge in [-0.25, -0.2) is 0 Å². The number of carbonyl (C=O) groups excluding carboxylic acids is 1. The molecule has 0 radical (unpaired) electrons. The number of hydrogen-bond acceptors (Lipinski definition) is 6. The topological polar surface area (TPSA) is 59.2 Å². The predicted molar refractivity (Wildman–Crippen MR) is 95.3 cm³/mol. The van der Waals surface area contributed by atoms with Crippen molar-refractivity contribution in [1.29, 1.82) is 0 Å².